The maximum absolute atomic E-state index is 12.1. The predicted molar refractivity (Wildman–Crippen MR) is 79.0 cm³/mol. The Morgan fingerprint density at radius 3 is 3.29 bits per heavy atom. The summed E-state index contributed by atoms with van der Waals surface area (Å²) in [6.45, 7) is 3.19. The van der Waals surface area contributed by atoms with Gasteiger partial charge in [0.15, 0.2) is 0 Å². The van der Waals surface area contributed by atoms with E-state index in [9.17, 15) is 4.79 Å². The highest BCUT2D eigenvalue weighted by Gasteiger charge is 2.22. The van der Waals surface area contributed by atoms with Crippen molar-refractivity contribution in [1.82, 2.24) is 19.8 Å². The fourth-order valence-corrected chi connectivity index (χ4v) is 3.20. The molecule has 2 amide bonds. The number of aryl methyl sites for hydroxylation is 1. The number of nitrogens with one attached hydrogen (secondary N) is 1. The number of fused-ring (bicyclic) bond motifs is 1. The molecular weight excluding hydrogens is 268 g/mol. The lowest BCUT2D eigenvalue weighted by Gasteiger charge is -2.28. The number of amides is 2. The topological polar surface area (TPSA) is 59.4 Å². The summed E-state index contributed by atoms with van der Waals surface area (Å²) in [5, 5.41) is 2.97. The number of rotatable bonds is 4. The molecule has 2 aliphatic rings. The second-order valence-corrected chi connectivity index (χ2v) is 6.10. The number of urea groups is 1. The molecule has 21 heavy (non-hydrogen) atoms. The summed E-state index contributed by atoms with van der Waals surface area (Å²) in [5.74, 6) is 1.67. The molecule has 0 saturated carbocycles. The van der Waals surface area contributed by atoms with Crippen LogP contribution in [0.2, 0.25) is 0 Å². The van der Waals surface area contributed by atoms with Gasteiger partial charge in [0.05, 0.1) is 6.10 Å². The van der Waals surface area contributed by atoms with Crippen molar-refractivity contribution in [3.8, 4) is 0 Å². The fraction of sp³-hybridized carbons (Fsp3) is 0.733. The number of aromatic nitrogens is 2. The highest BCUT2D eigenvalue weighted by molar-refractivity contribution is 5.73. The number of hydrogen-bond donors (Lipinski definition) is 1. The molecule has 1 fully saturated rings. The first-order valence-corrected chi connectivity index (χ1v) is 7.83. The normalized spacial score (nSPS) is 24.6. The summed E-state index contributed by atoms with van der Waals surface area (Å²) in [7, 11) is 1.87. The van der Waals surface area contributed by atoms with Crippen LogP contribution in [0.25, 0.3) is 0 Å². The molecular formula is C15H24N4O2. The predicted octanol–water partition coefficient (Wildman–Crippen LogP) is 1.27. The molecule has 0 radical (unpaired) electrons. The van der Waals surface area contributed by atoms with Gasteiger partial charge in [-0.3, -0.25) is 0 Å². The second-order valence-electron chi connectivity index (χ2n) is 6.10. The highest BCUT2D eigenvalue weighted by atomic mass is 16.5. The van der Waals surface area contributed by atoms with Gasteiger partial charge in [0.2, 0.25) is 0 Å². The van der Waals surface area contributed by atoms with Crippen molar-refractivity contribution in [2.24, 2.45) is 5.92 Å². The van der Waals surface area contributed by atoms with Crippen molar-refractivity contribution in [3.63, 3.8) is 0 Å². The Morgan fingerprint density at radius 2 is 2.48 bits per heavy atom. The number of carbonyl (C=O) groups is 1. The highest BCUT2D eigenvalue weighted by Crippen LogP contribution is 2.19. The molecule has 0 aromatic carbocycles. The van der Waals surface area contributed by atoms with Gasteiger partial charge >= 0.3 is 6.03 Å². The quantitative estimate of drug-likeness (QED) is 0.909. The Kier molecular flexibility index (Phi) is 4.43. The molecule has 0 bridgehead atoms. The van der Waals surface area contributed by atoms with Crippen LogP contribution in [0.15, 0.2) is 12.4 Å². The van der Waals surface area contributed by atoms with Gasteiger partial charge in [-0.05, 0) is 25.2 Å². The number of imidazole rings is 1. The Bertz CT molecular complexity index is 482. The van der Waals surface area contributed by atoms with Crippen molar-refractivity contribution < 1.29 is 9.53 Å². The first-order chi connectivity index (χ1) is 10.2. The molecule has 0 spiro atoms. The van der Waals surface area contributed by atoms with Gasteiger partial charge in [-0.1, -0.05) is 0 Å². The van der Waals surface area contributed by atoms with E-state index in [2.05, 4.69) is 14.9 Å². The monoisotopic (exact) mass is 292 g/mol. The van der Waals surface area contributed by atoms with Crippen LogP contribution in [0.3, 0.4) is 0 Å². The van der Waals surface area contributed by atoms with E-state index in [0.717, 1.165) is 51.2 Å². The van der Waals surface area contributed by atoms with Gasteiger partial charge < -0.3 is 19.5 Å². The van der Waals surface area contributed by atoms with Crippen molar-refractivity contribution in [2.75, 3.05) is 26.7 Å². The maximum Gasteiger partial charge on any atom is 0.317 e. The minimum Gasteiger partial charge on any atom is -0.376 e. The van der Waals surface area contributed by atoms with Crippen LogP contribution in [0.4, 0.5) is 4.79 Å². The number of carbonyl (C=O) groups excluding carboxylic acids is 1. The van der Waals surface area contributed by atoms with Crippen LogP contribution in [0.1, 0.15) is 25.1 Å². The molecule has 1 N–H and O–H groups in total. The van der Waals surface area contributed by atoms with Gasteiger partial charge in [0.25, 0.3) is 0 Å². The number of nitrogens with zero attached hydrogens (tertiary/aromatic N) is 3. The smallest absolute Gasteiger partial charge is 0.317 e. The maximum atomic E-state index is 12.1. The molecule has 116 valence electrons. The van der Waals surface area contributed by atoms with Crippen LogP contribution < -0.4 is 5.32 Å². The SMILES string of the molecule is CN(CC1CCc2nccn2C1)C(=O)NCC1CCCO1. The molecule has 0 aliphatic carbocycles. The lowest BCUT2D eigenvalue weighted by molar-refractivity contribution is 0.109. The zero-order valence-electron chi connectivity index (χ0n) is 12.6. The van der Waals surface area contributed by atoms with E-state index in [1.165, 1.54) is 0 Å². The molecule has 2 unspecified atom stereocenters. The number of hydrogen-bond acceptors (Lipinski definition) is 3. The van der Waals surface area contributed by atoms with E-state index >= 15 is 0 Å². The third-order valence-electron chi connectivity index (χ3n) is 4.42. The van der Waals surface area contributed by atoms with Gasteiger partial charge in [0.1, 0.15) is 5.82 Å². The zero-order valence-corrected chi connectivity index (χ0v) is 12.6. The van der Waals surface area contributed by atoms with Gasteiger partial charge in [0, 0.05) is 52.1 Å². The van der Waals surface area contributed by atoms with Crippen molar-refractivity contribution >= 4 is 6.03 Å². The van der Waals surface area contributed by atoms with Crippen molar-refractivity contribution in [3.05, 3.63) is 18.2 Å². The summed E-state index contributed by atoms with van der Waals surface area (Å²) >= 11 is 0. The molecule has 1 aromatic heterocycles. The van der Waals surface area contributed by atoms with Gasteiger partial charge in [-0.15, -0.1) is 0 Å². The van der Waals surface area contributed by atoms with Crippen LogP contribution >= 0.6 is 0 Å². The minimum absolute atomic E-state index is 0.00179. The Hall–Kier alpha value is -1.56. The van der Waals surface area contributed by atoms with Crippen molar-refractivity contribution in [2.45, 2.75) is 38.3 Å². The largest absolute Gasteiger partial charge is 0.376 e. The zero-order chi connectivity index (χ0) is 14.7. The first-order valence-electron chi connectivity index (χ1n) is 7.83. The van der Waals surface area contributed by atoms with Crippen molar-refractivity contribution in [1.29, 1.82) is 0 Å². The Morgan fingerprint density at radius 1 is 1.57 bits per heavy atom. The van der Waals surface area contributed by atoms with E-state index in [0.29, 0.717) is 12.5 Å². The molecule has 2 aliphatic heterocycles. The van der Waals surface area contributed by atoms with Gasteiger partial charge in [-0.25, -0.2) is 9.78 Å². The molecule has 3 heterocycles. The standard InChI is InChI=1S/C15H24N4O2/c1-18(15(20)17-9-13-3-2-8-21-13)10-12-4-5-14-16-6-7-19(14)11-12/h6-7,12-13H,2-5,8-11H2,1H3,(H,17,20). The summed E-state index contributed by atoms with van der Waals surface area (Å²) in [6, 6.07) is 0.00179. The number of ether oxygens (including phenoxy) is 1. The van der Waals surface area contributed by atoms with Gasteiger partial charge in [-0.2, -0.15) is 0 Å². The third kappa shape index (κ3) is 3.56. The molecule has 1 saturated heterocycles. The molecule has 2 atom stereocenters. The third-order valence-corrected chi connectivity index (χ3v) is 4.42. The van der Waals surface area contributed by atoms with E-state index in [1.54, 1.807) is 4.90 Å². The fourth-order valence-electron chi connectivity index (χ4n) is 3.20. The van der Waals surface area contributed by atoms with E-state index < -0.39 is 0 Å². The summed E-state index contributed by atoms with van der Waals surface area (Å²) < 4.78 is 7.72. The summed E-state index contributed by atoms with van der Waals surface area (Å²) in [6.07, 6.45) is 8.34. The van der Waals surface area contributed by atoms with Crippen LogP contribution in [-0.2, 0) is 17.7 Å². The summed E-state index contributed by atoms with van der Waals surface area (Å²) in [5.41, 5.74) is 0. The first kappa shape index (κ1) is 14.4. The Balaban J connectivity index is 1.43. The van der Waals surface area contributed by atoms with Crippen LogP contribution in [0.5, 0.6) is 0 Å². The molecule has 6 nitrogen and oxygen atoms in total. The van der Waals surface area contributed by atoms with E-state index in [4.69, 9.17) is 4.74 Å². The van der Waals surface area contributed by atoms with E-state index in [-0.39, 0.29) is 12.1 Å². The second kappa shape index (κ2) is 6.47. The average Bonchev–Trinajstić information content (AvgIpc) is 3.15. The summed E-state index contributed by atoms with van der Waals surface area (Å²) in [4.78, 5) is 18.2. The minimum atomic E-state index is 0.00179. The lowest BCUT2D eigenvalue weighted by atomic mass is 9.99. The lowest BCUT2D eigenvalue weighted by Crippen LogP contribution is -2.43. The van der Waals surface area contributed by atoms with Crippen LogP contribution in [-0.4, -0.2) is 53.3 Å². The van der Waals surface area contributed by atoms with Crippen LogP contribution in [0, 0.1) is 5.92 Å². The molecule has 6 heteroatoms. The van der Waals surface area contributed by atoms with E-state index in [1.807, 2.05) is 19.4 Å². The Labute approximate surface area is 125 Å². The molecule has 1 aromatic rings. The molecule has 3 rings (SSSR count). The average molecular weight is 292 g/mol.